The van der Waals surface area contributed by atoms with Crippen molar-refractivity contribution in [3.63, 3.8) is 0 Å². The SMILES string of the molecule is Cc1cc(Nc2cc(Nc3ccc(N)c(C)c3)cc(Nc3ccc(N)c(C)c3)c2)ccc1N. The summed E-state index contributed by atoms with van der Waals surface area (Å²) in [4.78, 5) is 0. The fraction of sp³-hybridized carbons (Fsp3) is 0.111. The first-order valence-corrected chi connectivity index (χ1v) is 10.8. The summed E-state index contributed by atoms with van der Waals surface area (Å²) in [6.45, 7) is 6.00. The summed E-state index contributed by atoms with van der Waals surface area (Å²) in [5.41, 5.74) is 29.1. The van der Waals surface area contributed by atoms with Crippen molar-refractivity contribution in [3.8, 4) is 0 Å². The van der Waals surface area contributed by atoms with E-state index >= 15 is 0 Å². The molecule has 4 aromatic rings. The summed E-state index contributed by atoms with van der Waals surface area (Å²) >= 11 is 0. The van der Waals surface area contributed by atoms with Gasteiger partial charge in [-0.2, -0.15) is 0 Å². The van der Waals surface area contributed by atoms with Gasteiger partial charge >= 0.3 is 0 Å². The van der Waals surface area contributed by atoms with E-state index in [1.807, 2.05) is 75.4 Å². The Balaban J connectivity index is 1.68. The molecule has 0 saturated carbocycles. The second kappa shape index (κ2) is 9.04. The number of nitrogens with one attached hydrogen (secondary N) is 3. The number of benzene rings is 4. The van der Waals surface area contributed by atoms with Crippen molar-refractivity contribution < 1.29 is 0 Å². The van der Waals surface area contributed by atoms with Crippen LogP contribution in [-0.4, -0.2) is 0 Å². The summed E-state index contributed by atoms with van der Waals surface area (Å²) in [5.74, 6) is 0. The van der Waals surface area contributed by atoms with E-state index in [2.05, 4.69) is 34.1 Å². The van der Waals surface area contributed by atoms with Gasteiger partial charge in [-0.3, -0.25) is 0 Å². The molecule has 0 unspecified atom stereocenters. The molecule has 0 spiro atoms. The fourth-order valence-electron chi connectivity index (χ4n) is 3.60. The quantitative estimate of drug-likeness (QED) is 0.189. The zero-order valence-electron chi connectivity index (χ0n) is 19.2. The summed E-state index contributed by atoms with van der Waals surface area (Å²) in [7, 11) is 0. The van der Waals surface area contributed by atoms with Gasteiger partial charge in [0.2, 0.25) is 0 Å². The second-order valence-corrected chi connectivity index (χ2v) is 8.39. The van der Waals surface area contributed by atoms with Gasteiger partial charge in [-0.15, -0.1) is 0 Å². The van der Waals surface area contributed by atoms with Crippen LogP contribution in [0.4, 0.5) is 51.2 Å². The predicted octanol–water partition coefficient (Wildman–Crippen LogP) is 6.59. The first-order chi connectivity index (χ1) is 15.8. The Morgan fingerprint density at radius 1 is 0.394 bits per heavy atom. The lowest BCUT2D eigenvalue weighted by Crippen LogP contribution is -1.99. The van der Waals surface area contributed by atoms with Gasteiger partial charge < -0.3 is 33.2 Å². The number of nitrogens with two attached hydrogens (primary N) is 3. The molecular weight excluding hydrogens is 408 g/mol. The van der Waals surface area contributed by atoms with Crippen molar-refractivity contribution in [2.45, 2.75) is 20.8 Å². The standard InChI is InChI=1S/C27H30N6/c1-16-10-19(4-7-25(16)28)31-22-13-23(32-20-5-8-26(29)17(2)11-20)15-24(14-22)33-21-6-9-27(30)18(3)12-21/h4-15,31-33H,28-30H2,1-3H3. The van der Waals surface area contributed by atoms with E-state index < -0.39 is 0 Å². The predicted molar refractivity (Wildman–Crippen MR) is 143 cm³/mol. The monoisotopic (exact) mass is 438 g/mol. The van der Waals surface area contributed by atoms with Crippen LogP contribution in [0.15, 0.2) is 72.8 Å². The minimum absolute atomic E-state index is 0.774. The maximum Gasteiger partial charge on any atom is 0.0425 e. The van der Waals surface area contributed by atoms with E-state index in [0.717, 1.165) is 67.9 Å². The average molecular weight is 439 g/mol. The van der Waals surface area contributed by atoms with Crippen LogP contribution in [0.3, 0.4) is 0 Å². The minimum Gasteiger partial charge on any atom is -0.399 e. The molecule has 4 rings (SSSR count). The summed E-state index contributed by atoms with van der Waals surface area (Å²) in [6, 6.07) is 24.0. The molecule has 0 amide bonds. The molecule has 0 fully saturated rings. The van der Waals surface area contributed by atoms with Crippen LogP contribution in [0.2, 0.25) is 0 Å². The van der Waals surface area contributed by atoms with E-state index in [1.165, 1.54) is 0 Å². The third kappa shape index (κ3) is 5.30. The Morgan fingerprint density at radius 3 is 0.909 bits per heavy atom. The molecule has 0 aliphatic heterocycles. The Kier molecular flexibility index (Phi) is 6.00. The van der Waals surface area contributed by atoms with Crippen molar-refractivity contribution in [2.75, 3.05) is 33.2 Å². The molecule has 0 radical (unpaired) electrons. The maximum absolute atomic E-state index is 5.98. The Bertz CT molecular complexity index is 1140. The molecule has 6 heteroatoms. The van der Waals surface area contributed by atoms with Crippen LogP contribution >= 0.6 is 0 Å². The van der Waals surface area contributed by atoms with Gasteiger partial charge in [0.05, 0.1) is 0 Å². The molecule has 0 heterocycles. The van der Waals surface area contributed by atoms with Crippen molar-refractivity contribution in [1.82, 2.24) is 0 Å². The van der Waals surface area contributed by atoms with Crippen molar-refractivity contribution >= 4 is 51.2 Å². The van der Waals surface area contributed by atoms with E-state index in [4.69, 9.17) is 17.2 Å². The Labute approximate surface area is 194 Å². The molecule has 0 aromatic heterocycles. The lowest BCUT2D eigenvalue weighted by molar-refractivity contribution is 1.42. The van der Waals surface area contributed by atoms with Gasteiger partial charge in [0.1, 0.15) is 0 Å². The summed E-state index contributed by atoms with van der Waals surface area (Å²) in [6.07, 6.45) is 0. The molecule has 0 atom stereocenters. The van der Waals surface area contributed by atoms with Crippen LogP contribution in [0.25, 0.3) is 0 Å². The van der Waals surface area contributed by atoms with E-state index in [9.17, 15) is 0 Å². The normalized spacial score (nSPS) is 10.6. The van der Waals surface area contributed by atoms with Crippen LogP contribution in [-0.2, 0) is 0 Å². The van der Waals surface area contributed by atoms with E-state index in [1.54, 1.807) is 0 Å². The molecule has 4 aromatic carbocycles. The van der Waals surface area contributed by atoms with Crippen molar-refractivity contribution in [3.05, 3.63) is 89.5 Å². The number of rotatable bonds is 6. The van der Waals surface area contributed by atoms with Gasteiger partial charge in [0.15, 0.2) is 0 Å². The molecular formula is C27H30N6. The number of aryl methyl sites for hydroxylation is 3. The molecule has 0 aliphatic rings. The molecule has 33 heavy (non-hydrogen) atoms. The number of anilines is 9. The lowest BCUT2D eigenvalue weighted by atomic mass is 10.1. The fourth-order valence-corrected chi connectivity index (χ4v) is 3.60. The molecule has 0 aliphatic carbocycles. The van der Waals surface area contributed by atoms with Crippen molar-refractivity contribution in [2.24, 2.45) is 0 Å². The smallest absolute Gasteiger partial charge is 0.0425 e. The Hall–Kier alpha value is -4.32. The molecule has 0 saturated heterocycles. The van der Waals surface area contributed by atoms with Gasteiger partial charge in [-0.1, -0.05) is 0 Å². The van der Waals surface area contributed by atoms with Crippen LogP contribution < -0.4 is 33.2 Å². The highest BCUT2D eigenvalue weighted by molar-refractivity contribution is 5.78. The highest BCUT2D eigenvalue weighted by atomic mass is 14.9. The maximum atomic E-state index is 5.98. The Morgan fingerprint density at radius 2 is 0.667 bits per heavy atom. The third-order valence-corrected chi connectivity index (χ3v) is 5.61. The lowest BCUT2D eigenvalue weighted by Gasteiger charge is -2.16. The number of nitrogen functional groups attached to an aromatic ring is 3. The van der Waals surface area contributed by atoms with Crippen LogP contribution in [0.5, 0.6) is 0 Å². The molecule has 9 N–H and O–H groups in total. The van der Waals surface area contributed by atoms with Crippen molar-refractivity contribution in [1.29, 1.82) is 0 Å². The van der Waals surface area contributed by atoms with Gasteiger partial charge in [0.25, 0.3) is 0 Å². The van der Waals surface area contributed by atoms with Gasteiger partial charge in [-0.25, -0.2) is 0 Å². The molecule has 0 bridgehead atoms. The summed E-state index contributed by atoms with van der Waals surface area (Å²) < 4.78 is 0. The van der Waals surface area contributed by atoms with E-state index in [0.29, 0.717) is 0 Å². The van der Waals surface area contributed by atoms with Crippen LogP contribution in [0, 0.1) is 20.8 Å². The van der Waals surface area contributed by atoms with E-state index in [-0.39, 0.29) is 0 Å². The molecule has 168 valence electrons. The molecule has 6 nitrogen and oxygen atoms in total. The largest absolute Gasteiger partial charge is 0.399 e. The number of hydrogen-bond donors (Lipinski definition) is 6. The zero-order valence-corrected chi connectivity index (χ0v) is 19.2. The van der Waals surface area contributed by atoms with Crippen LogP contribution in [0.1, 0.15) is 16.7 Å². The third-order valence-electron chi connectivity index (χ3n) is 5.61. The van der Waals surface area contributed by atoms with Gasteiger partial charge in [0, 0.05) is 51.2 Å². The highest BCUT2D eigenvalue weighted by Crippen LogP contribution is 2.31. The first-order valence-electron chi connectivity index (χ1n) is 10.8. The minimum atomic E-state index is 0.774. The first kappa shape index (κ1) is 21.9. The van der Waals surface area contributed by atoms with Gasteiger partial charge in [-0.05, 0) is 110 Å². The summed E-state index contributed by atoms with van der Waals surface area (Å²) in [5, 5.41) is 10.5. The highest BCUT2D eigenvalue weighted by Gasteiger charge is 2.06. The zero-order chi connectivity index (χ0) is 23.5. The second-order valence-electron chi connectivity index (χ2n) is 8.39. The topological polar surface area (TPSA) is 114 Å². The number of hydrogen-bond acceptors (Lipinski definition) is 6. The average Bonchev–Trinajstić information content (AvgIpc) is 2.76.